The first-order valence-corrected chi connectivity index (χ1v) is 6.70. The summed E-state index contributed by atoms with van der Waals surface area (Å²) in [7, 11) is 0. The lowest BCUT2D eigenvalue weighted by atomic mass is 10.1. The highest BCUT2D eigenvalue weighted by molar-refractivity contribution is 4.49. The fourth-order valence-electron chi connectivity index (χ4n) is 1.62. The van der Waals surface area contributed by atoms with Crippen molar-refractivity contribution in [3.05, 3.63) is 0 Å². The maximum atomic E-state index is 5.24. The number of hydrogen-bond donors (Lipinski definition) is 1. The Labute approximate surface area is 95.8 Å². The summed E-state index contributed by atoms with van der Waals surface area (Å²) < 4.78 is 5.24. The third kappa shape index (κ3) is 13.9. The van der Waals surface area contributed by atoms with Gasteiger partial charge in [-0.3, -0.25) is 0 Å². The van der Waals surface area contributed by atoms with Gasteiger partial charge in [0.15, 0.2) is 0 Å². The van der Waals surface area contributed by atoms with Gasteiger partial charge in [-0.05, 0) is 19.9 Å². The summed E-state index contributed by atoms with van der Waals surface area (Å²) in [6.45, 7) is 8.15. The predicted molar refractivity (Wildman–Crippen MR) is 67.4 cm³/mol. The molecular weight excluding hydrogens is 186 g/mol. The first-order valence-electron chi connectivity index (χ1n) is 6.70. The van der Waals surface area contributed by atoms with E-state index < -0.39 is 0 Å². The molecule has 0 aromatic heterocycles. The summed E-state index contributed by atoms with van der Waals surface area (Å²) in [5.74, 6) is 0. The van der Waals surface area contributed by atoms with Crippen LogP contribution >= 0.6 is 0 Å². The van der Waals surface area contributed by atoms with Gasteiger partial charge in [-0.1, -0.05) is 45.4 Å². The van der Waals surface area contributed by atoms with Crippen molar-refractivity contribution in [2.45, 2.75) is 58.8 Å². The molecule has 0 aromatic carbocycles. The summed E-state index contributed by atoms with van der Waals surface area (Å²) >= 11 is 0. The lowest BCUT2D eigenvalue weighted by molar-refractivity contribution is 0.149. The molecule has 0 rings (SSSR count). The number of rotatable bonds is 12. The molecule has 0 heterocycles. The van der Waals surface area contributed by atoms with E-state index in [1.165, 1.54) is 44.9 Å². The van der Waals surface area contributed by atoms with E-state index in [1.807, 2.05) is 6.92 Å². The third-order valence-corrected chi connectivity index (χ3v) is 2.58. The molecule has 15 heavy (non-hydrogen) atoms. The van der Waals surface area contributed by atoms with Gasteiger partial charge in [0, 0.05) is 13.2 Å². The van der Waals surface area contributed by atoms with Gasteiger partial charge in [-0.2, -0.15) is 0 Å². The molecule has 0 bridgehead atoms. The van der Waals surface area contributed by atoms with Crippen LogP contribution in [-0.4, -0.2) is 26.3 Å². The lowest BCUT2D eigenvalue weighted by Gasteiger charge is -2.04. The molecule has 2 nitrogen and oxygen atoms in total. The van der Waals surface area contributed by atoms with E-state index in [2.05, 4.69) is 12.2 Å². The number of ether oxygens (including phenoxy) is 1. The van der Waals surface area contributed by atoms with Crippen LogP contribution in [0.5, 0.6) is 0 Å². The van der Waals surface area contributed by atoms with Crippen LogP contribution in [0, 0.1) is 0 Å². The van der Waals surface area contributed by atoms with Crippen molar-refractivity contribution >= 4 is 0 Å². The number of hydrogen-bond acceptors (Lipinski definition) is 2. The SMILES string of the molecule is CCCCCCCCCNCCOCC. The largest absolute Gasteiger partial charge is 0.380 e. The third-order valence-electron chi connectivity index (χ3n) is 2.58. The van der Waals surface area contributed by atoms with Crippen LogP contribution in [0.25, 0.3) is 0 Å². The van der Waals surface area contributed by atoms with Crippen molar-refractivity contribution in [2.24, 2.45) is 0 Å². The van der Waals surface area contributed by atoms with E-state index in [0.29, 0.717) is 0 Å². The van der Waals surface area contributed by atoms with Crippen LogP contribution in [0.4, 0.5) is 0 Å². The van der Waals surface area contributed by atoms with Crippen molar-refractivity contribution in [3.8, 4) is 0 Å². The Kier molecular flexibility index (Phi) is 13.8. The second-order valence-electron chi connectivity index (χ2n) is 4.07. The zero-order valence-corrected chi connectivity index (χ0v) is 10.7. The second-order valence-corrected chi connectivity index (χ2v) is 4.07. The number of nitrogens with one attached hydrogen (secondary N) is 1. The maximum Gasteiger partial charge on any atom is 0.0590 e. The topological polar surface area (TPSA) is 21.3 Å². The van der Waals surface area contributed by atoms with Crippen LogP contribution in [0.2, 0.25) is 0 Å². The Balaban J connectivity index is 2.81. The molecule has 0 aliphatic rings. The second kappa shape index (κ2) is 13.9. The first-order chi connectivity index (χ1) is 7.41. The number of unbranched alkanes of at least 4 members (excludes halogenated alkanes) is 6. The summed E-state index contributed by atoms with van der Waals surface area (Å²) in [5, 5.41) is 3.40. The molecule has 0 fully saturated rings. The lowest BCUT2D eigenvalue weighted by Crippen LogP contribution is -2.20. The standard InChI is InChI=1S/C13H29NO/c1-3-5-6-7-8-9-10-11-14-12-13-15-4-2/h14H,3-13H2,1-2H3. The maximum absolute atomic E-state index is 5.24. The summed E-state index contributed by atoms with van der Waals surface area (Å²) in [5.41, 5.74) is 0. The van der Waals surface area contributed by atoms with E-state index in [-0.39, 0.29) is 0 Å². The van der Waals surface area contributed by atoms with Gasteiger partial charge in [0.1, 0.15) is 0 Å². The van der Waals surface area contributed by atoms with Crippen LogP contribution < -0.4 is 5.32 Å². The van der Waals surface area contributed by atoms with Gasteiger partial charge < -0.3 is 10.1 Å². The van der Waals surface area contributed by atoms with Crippen molar-refractivity contribution in [2.75, 3.05) is 26.3 Å². The highest BCUT2D eigenvalue weighted by Gasteiger charge is 1.91. The molecule has 0 atom stereocenters. The van der Waals surface area contributed by atoms with Gasteiger partial charge >= 0.3 is 0 Å². The summed E-state index contributed by atoms with van der Waals surface area (Å²) in [6, 6.07) is 0. The van der Waals surface area contributed by atoms with Crippen LogP contribution in [0.15, 0.2) is 0 Å². The molecular formula is C13H29NO. The van der Waals surface area contributed by atoms with E-state index in [0.717, 1.165) is 26.3 Å². The summed E-state index contributed by atoms with van der Waals surface area (Å²) in [6.07, 6.45) is 9.71. The molecule has 0 aliphatic heterocycles. The fourth-order valence-corrected chi connectivity index (χ4v) is 1.62. The molecule has 2 heteroatoms. The highest BCUT2D eigenvalue weighted by atomic mass is 16.5. The minimum atomic E-state index is 0.832. The van der Waals surface area contributed by atoms with Crippen LogP contribution in [0.1, 0.15) is 58.8 Å². The zero-order valence-electron chi connectivity index (χ0n) is 10.7. The van der Waals surface area contributed by atoms with Crippen molar-refractivity contribution in [1.29, 1.82) is 0 Å². The monoisotopic (exact) mass is 215 g/mol. The van der Waals surface area contributed by atoms with Gasteiger partial charge in [0.05, 0.1) is 6.61 Å². The van der Waals surface area contributed by atoms with Gasteiger partial charge in [0.25, 0.3) is 0 Å². The van der Waals surface area contributed by atoms with E-state index in [9.17, 15) is 0 Å². The Hall–Kier alpha value is -0.0800. The molecule has 0 saturated carbocycles. The minimum absolute atomic E-state index is 0.832. The average molecular weight is 215 g/mol. The fraction of sp³-hybridized carbons (Fsp3) is 1.00. The Bertz CT molecular complexity index is 94.7. The molecule has 0 aliphatic carbocycles. The molecule has 0 aromatic rings. The minimum Gasteiger partial charge on any atom is -0.380 e. The predicted octanol–water partition coefficient (Wildman–Crippen LogP) is 3.36. The Morgan fingerprint density at radius 2 is 1.47 bits per heavy atom. The smallest absolute Gasteiger partial charge is 0.0590 e. The Morgan fingerprint density at radius 3 is 2.13 bits per heavy atom. The van der Waals surface area contributed by atoms with Gasteiger partial charge in [-0.15, -0.1) is 0 Å². The average Bonchev–Trinajstić information content (AvgIpc) is 2.26. The summed E-state index contributed by atoms with van der Waals surface area (Å²) in [4.78, 5) is 0. The van der Waals surface area contributed by atoms with Crippen molar-refractivity contribution in [1.82, 2.24) is 5.32 Å². The molecule has 92 valence electrons. The quantitative estimate of drug-likeness (QED) is 0.504. The molecule has 0 unspecified atom stereocenters. The first kappa shape index (κ1) is 14.9. The molecule has 0 radical (unpaired) electrons. The van der Waals surface area contributed by atoms with Gasteiger partial charge in [-0.25, -0.2) is 0 Å². The van der Waals surface area contributed by atoms with Crippen molar-refractivity contribution in [3.63, 3.8) is 0 Å². The van der Waals surface area contributed by atoms with E-state index in [4.69, 9.17) is 4.74 Å². The Morgan fingerprint density at radius 1 is 0.800 bits per heavy atom. The molecule has 0 amide bonds. The van der Waals surface area contributed by atoms with Crippen molar-refractivity contribution < 1.29 is 4.74 Å². The van der Waals surface area contributed by atoms with Crippen LogP contribution in [-0.2, 0) is 4.74 Å². The zero-order chi connectivity index (χ0) is 11.2. The van der Waals surface area contributed by atoms with E-state index in [1.54, 1.807) is 0 Å². The molecule has 0 saturated heterocycles. The normalized spacial score (nSPS) is 10.8. The van der Waals surface area contributed by atoms with E-state index >= 15 is 0 Å². The molecule has 1 N–H and O–H groups in total. The highest BCUT2D eigenvalue weighted by Crippen LogP contribution is 2.05. The molecule has 0 spiro atoms. The van der Waals surface area contributed by atoms with Gasteiger partial charge in [0.2, 0.25) is 0 Å². The van der Waals surface area contributed by atoms with Crippen LogP contribution in [0.3, 0.4) is 0 Å².